The smallest absolute Gasteiger partial charge is 0.201 e. The first-order chi connectivity index (χ1) is 8.68. The normalized spacial score (nSPS) is 13.0. The maximum atomic E-state index is 6.25. The molecule has 18 heavy (non-hydrogen) atoms. The summed E-state index contributed by atoms with van der Waals surface area (Å²) in [6.07, 6.45) is 1.79. The summed E-state index contributed by atoms with van der Waals surface area (Å²) >= 11 is 7.84. The van der Waals surface area contributed by atoms with Crippen LogP contribution >= 0.6 is 22.9 Å². The van der Waals surface area contributed by atoms with Gasteiger partial charge in [0.15, 0.2) is 0 Å². The zero-order valence-corrected chi connectivity index (χ0v) is 11.2. The van der Waals surface area contributed by atoms with Crippen molar-refractivity contribution >= 4 is 39.9 Å². The van der Waals surface area contributed by atoms with Gasteiger partial charge in [0.05, 0.1) is 22.1 Å². The van der Waals surface area contributed by atoms with Crippen molar-refractivity contribution in [3.05, 3.63) is 39.8 Å². The number of anilines is 1. The van der Waals surface area contributed by atoms with E-state index in [0.717, 1.165) is 16.0 Å². The van der Waals surface area contributed by atoms with Crippen LogP contribution < -0.4 is 5.73 Å². The number of benzene rings is 1. The van der Waals surface area contributed by atoms with Crippen molar-refractivity contribution in [2.75, 3.05) is 5.73 Å². The lowest BCUT2D eigenvalue weighted by molar-refractivity contribution is 0.663. The van der Waals surface area contributed by atoms with E-state index in [9.17, 15) is 0 Å². The average molecular weight is 279 g/mol. The molecule has 0 aliphatic heterocycles. The molecule has 92 valence electrons. The van der Waals surface area contributed by atoms with Gasteiger partial charge in [0.1, 0.15) is 5.01 Å². The van der Waals surface area contributed by atoms with Gasteiger partial charge in [0.2, 0.25) is 5.95 Å². The molecular formula is C12H11ClN4S. The largest absolute Gasteiger partial charge is 0.369 e. The molecule has 2 N–H and O–H groups in total. The van der Waals surface area contributed by atoms with Gasteiger partial charge in [-0.2, -0.15) is 0 Å². The van der Waals surface area contributed by atoms with Crippen molar-refractivity contribution in [2.24, 2.45) is 0 Å². The van der Waals surface area contributed by atoms with Crippen LogP contribution in [0.2, 0.25) is 5.02 Å². The molecule has 0 saturated heterocycles. The predicted molar refractivity (Wildman–Crippen MR) is 75.1 cm³/mol. The molecule has 0 bridgehead atoms. The molecule has 0 saturated carbocycles. The van der Waals surface area contributed by atoms with Crippen molar-refractivity contribution in [3.63, 3.8) is 0 Å². The molecule has 2 aromatic heterocycles. The van der Waals surface area contributed by atoms with Crippen LogP contribution in [-0.2, 0) is 0 Å². The van der Waals surface area contributed by atoms with Gasteiger partial charge in [-0.05, 0) is 19.1 Å². The standard InChI is InChI=1S/C12H11ClN4S/c1-7(11-15-5-6-18-11)17-10-8(13)3-2-4-9(10)16-12(17)14/h2-7H,1H3,(H2,14,16). The Hall–Kier alpha value is -1.59. The minimum absolute atomic E-state index is 0.0231. The third kappa shape index (κ3) is 1.67. The number of halogens is 1. The fourth-order valence-corrected chi connectivity index (χ4v) is 3.01. The van der Waals surface area contributed by atoms with Gasteiger partial charge in [-0.1, -0.05) is 17.7 Å². The van der Waals surface area contributed by atoms with Crippen LogP contribution in [0, 0.1) is 0 Å². The third-order valence-electron chi connectivity index (χ3n) is 2.88. The van der Waals surface area contributed by atoms with Crippen LogP contribution in [0.5, 0.6) is 0 Å². The first-order valence-corrected chi connectivity index (χ1v) is 6.75. The number of nitrogens with two attached hydrogens (primary N) is 1. The first-order valence-electron chi connectivity index (χ1n) is 5.50. The Labute approximate surface area is 113 Å². The van der Waals surface area contributed by atoms with E-state index in [-0.39, 0.29) is 6.04 Å². The zero-order chi connectivity index (χ0) is 12.7. The number of para-hydroxylation sites is 1. The van der Waals surface area contributed by atoms with E-state index in [1.165, 1.54) is 0 Å². The topological polar surface area (TPSA) is 56.7 Å². The van der Waals surface area contributed by atoms with Crippen molar-refractivity contribution in [1.29, 1.82) is 0 Å². The molecule has 3 aromatic rings. The molecule has 1 unspecified atom stereocenters. The summed E-state index contributed by atoms with van der Waals surface area (Å²) in [6.45, 7) is 2.04. The summed E-state index contributed by atoms with van der Waals surface area (Å²) in [6, 6.07) is 5.64. The van der Waals surface area contributed by atoms with Crippen LogP contribution in [0.25, 0.3) is 11.0 Å². The quantitative estimate of drug-likeness (QED) is 0.782. The lowest BCUT2D eigenvalue weighted by Gasteiger charge is -2.13. The molecule has 3 rings (SSSR count). The van der Waals surface area contributed by atoms with Crippen molar-refractivity contribution < 1.29 is 0 Å². The molecule has 4 nitrogen and oxygen atoms in total. The fraction of sp³-hybridized carbons (Fsp3) is 0.167. The number of aromatic nitrogens is 3. The Morgan fingerprint density at radius 3 is 3.00 bits per heavy atom. The second-order valence-electron chi connectivity index (χ2n) is 3.99. The highest BCUT2D eigenvalue weighted by molar-refractivity contribution is 7.09. The number of thiazole rings is 1. The summed E-state index contributed by atoms with van der Waals surface area (Å²) in [7, 11) is 0. The van der Waals surface area contributed by atoms with E-state index in [1.807, 2.05) is 35.1 Å². The SMILES string of the molecule is CC(c1nccs1)n1c(N)nc2cccc(Cl)c21. The monoisotopic (exact) mass is 278 g/mol. The molecule has 0 spiro atoms. The second-order valence-corrected chi connectivity index (χ2v) is 5.33. The maximum Gasteiger partial charge on any atom is 0.201 e. The number of rotatable bonds is 2. The summed E-state index contributed by atoms with van der Waals surface area (Å²) in [5, 5.41) is 3.59. The van der Waals surface area contributed by atoms with Gasteiger partial charge >= 0.3 is 0 Å². The Kier molecular flexibility index (Phi) is 2.72. The number of imidazole rings is 1. The Morgan fingerprint density at radius 2 is 2.28 bits per heavy atom. The minimum Gasteiger partial charge on any atom is -0.369 e. The fourth-order valence-electron chi connectivity index (χ4n) is 2.07. The average Bonchev–Trinajstić information content (AvgIpc) is 2.95. The zero-order valence-electron chi connectivity index (χ0n) is 9.67. The number of nitrogen functional groups attached to an aromatic ring is 1. The predicted octanol–water partition coefficient (Wildman–Crippen LogP) is 3.34. The van der Waals surface area contributed by atoms with Gasteiger partial charge in [-0.15, -0.1) is 11.3 Å². The van der Waals surface area contributed by atoms with Crippen molar-refractivity contribution in [3.8, 4) is 0 Å². The van der Waals surface area contributed by atoms with Crippen molar-refractivity contribution in [1.82, 2.24) is 14.5 Å². The maximum absolute atomic E-state index is 6.25. The highest BCUT2D eigenvalue weighted by Gasteiger charge is 2.18. The van der Waals surface area contributed by atoms with Crippen LogP contribution in [0.15, 0.2) is 29.8 Å². The molecule has 0 aliphatic carbocycles. The lowest BCUT2D eigenvalue weighted by atomic mass is 10.3. The first kappa shape index (κ1) is 11.5. The van der Waals surface area contributed by atoms with Crippen molar-refractivity contribution in [2.45, 2.75) is 13.0 Å². The summed E-state index contributed by atoms with van der Waals surface area (Å²) in [5.41, 5.74) is 7.67. The molecule has 2 heterocycles. The van der Waals surface area contributed by atoms with Gasteiger partial charge in [-0.3, -0.25) is 4.57 Å². The Morgan fingerprint density at radius 1 is 1.44 bits per heavy atom. The molecular weight excluding hydrogens is 268 g/mol. The van der Waals surface area contributed by atoms with Crippen LogP contribution in [0.1, 0.15) is 18.0 Å². The van der Waals surface area contributed by atoms with E-state index in [4.69, 9.17) is 17.3 Å². The number of hydrogen-bond donors (Lipinski definition) is 1. The second kappa shape index (κ2) is 4.26. The molecule has 0 radical (unpaired) electrons. The Bertz CT molecular complexity index is 689. The van der Waals surface area contributed by atoms with E-state index >= 15 is 0 Å². The van der Waals surface area contributed by atoms with Crippen LogP contribution in [0.3, 0.4) is 0 Å². The minimum atomic E-state index is 0.0231. The number of nitrogens with zero attached hydrogens (tertiary/aromatic N) is 3. The molecule has 0 fully saturated rings. The number of hydrogen-bond acceptors (Lipinski definition) is 4. The molecule has 0 aliphatic rings. The van der Waals surface area contributed by atoms with E-state index < -0.39 is 0 Å². The summed E-state index contributed by atoms with van der Waals surface area (Å²) in [4.78, 5) is 8.66. The number of fused-ring (bicyclic) bond motifs is 1. The van der Waals surface area contributed by atoms with Gasteiger partial charge < -0.3 is 5.73 Å². The lowest BCUT2D eigenvalue weighted by Crippen LogP contribution is -2.10. The van der Waals surface area contributed by atoms with E-state index in [1.54, 1.807) is 17.5 Å². The highest BCUT2D eigenvalue weighted by atomic mass is 35.5. The van der Waals surface area contributed by atoms with E-state index in [2.05, 4.69) is 9.97 Å². The summed E-state index contributed by atoms with van der Waals surface area (Å²) in [5.74, 6) is 0.459. The van der Waals surface area contributed by atoms with Crippen LogP contribution in [-0.4, -0.2) is 14.5 Å². The van der Waals surface area contributed by atoms with Gasteiger partial charge in [0, 0.05) is 11.6 Å². The third-order valence-corrected chi connectivity index (χ3v) is 4.14. The summed E-state index contributed by atoms with van der Waals surface area (Å²) < 4.78 is 1.93. The van der Waals surface area contributed by atoms with Gasteiger partial charge in [0.25, 0.3) is 0 Å². The molecule has 0 amide bonds. The van der Waals surface area contributed by atoms with E-state index in [0.29, 0.717) is 11.0 Å². The molecule has 1 atom stereocenters. The van der Waals surface area contributed by atoms with Gasteiger partial charge in [-0.25, -0.2) is 9.97 Å². The molecule has 6 heteroatoms. The Balaban J connectivity index is 2.25. The highest BCUT2D eigenvalue weighted by Crippen LogP contribution is 2.31. The van der Waals surface area contributed by atoms with Crippen LogP contribution in [0.4, 0.5) is 5.95 Å². The molecule has 1 aromatic carbocycles.